The maximum Gasteiger partial charge on any atom is 0.325 e. The highest BCUT2D eigenvalue weighted by atomic mass is 16.2. The summed E-state index contributed by atoms with van der Waals surface area (Å²) >= 11 is 0. The molecule has 2 aliphatic rings. The van der Waals surface area contributed by atoms with Gasteiger partial charge < -0.3 is 10.6 Å². The van der Waals surface area contributed by atoms with E-state index < -0.39 is 11.6 Å². The molecular formula is C21H29N3O3. The molecule has 3 rings (SSSR count). The van der Waals surface area contributed by atoms with Crippen LogP contribution < -0.4 is 10.6 Å². The smallest absolute Gasteiger partial charge is 0.325 e. The lowest BCUT2D eigenvalue weighted by molar-refractivity contribution is -0.135. The molecule has 1 spiro atoms. The van der Waals surface area contributed by atoms with Crippen LogP contribution in [0.1, 0.15) is 63.6 Å². The van der Waals surface area contributed by atoms with Gasteiger partial charge in [0.25, 0.3) is 5.91 Å². The van der Waals surface area contributed by atoms with E-state index in [0.29, 0.717) is 18.8 Å². The maximum absolute atomic E-state index is 12.6. The topological polar surface area (TPSA) is 78.5 Å². The summed E-state index contributed by atoms with van der Waals surface area (Å²) in [6.45, 7) is 6.03. The van der Waals surface area contributed by atoms with Crippen LogP contribution in [0.5, 0.6) is 0 Å². The molecule has 1 heterocycles. The fraction of sp³-hybridized carbons (Fsp3) is 0.571. The molecule has 6 nitrogen and oxygen atoms in total. The van der Waals surface area contributed by atoms with Gasteiger partial charge >= 0.3 is 6.03 Å². The Bertz CT molecular complexity index is 721. The van der Waals surface area contributed by atoms with Gasteiger partial charge in [-0.2, -0.15) is 0 Å². The minimum absolute atomic E-state index is 0.188. The molecule has 4 amide bonds. The summed E-state index contributed by atoms with van der Waals surface area (Å²) < 4.78 is 0. The molecule has 146 valence electrons. The average molecular weight is 371 g/mol. The minimum Gasteiger partial charge on any atom is -0.348 e. The first-order valence-corrected chi connectivity index (χ1v) is 9.83. The van der Waals surface area contributed by atoms with Gasteiger partial charge in [-0.1, -0.05) is 51.0 Å². The van der Waals surface area contributed by atoms with Crippen molar-refractivity contribution in [3.63, 3.8) is 0 Å². The maximum atomic E-state index is 12.6. The Hall–Kier alpha value is -2.37. The SMILES string of the molecule is CC(C)Cc1ccc([C@H](C)NC(=O)CN2C(=O)NC3(CCCC3)C2=O)cc1. The summed E-state index contributed by atoms with van der Waals surface area (Å²) in [6.07, 6.45) is 4.20. The highest BCUT2D eigenvalue weighted by Gasteiger charge is 2.52. The lowest BCUT2D eigenvalue weighted by Gasteiger charge is -2.20. The van der Waals surface area contributed by atoms with Crippen LogP contribution >= 0.6 is 0 Å². The summed E-state index contributed by atoms with van der Waals surface area (Å²) in [6, 6.07) is 7.56. The second-order valence-electron chi connectivity index (χ2n) is 8.24. The first-order chi connectivity index (χ1) is 12.8. The van der Waals surface area contributed by atoms with Gasteiger partial charge in [0.2, 0.25) is 5.91 Å². The third-order valence-electron chi connectivity index (χ3n) is 5.51. The van der Waals surface area contributed by atoms with E-state index in [1.54, 1.807) is 0 Å². The van der Waals surface area contributed by atoms with Gasteiger partial charge in [0.15, 0.2) is 0 Å². The van der Waals surface area contributed by atoms with Crippen LogP contribution in [0, 0.1) is 5.92 Å². The van der Waals surface area contributed by atoms with Crippen LogP contribution in [0.25, 0.3) is 0 Å². The number of hydrogen-bond acceptors (Lipinski definition) is 3. The lowest BCUT2D eigenvalue weighted by Crippen LogP contribution is -2.45. The van der Waals surface area contributed by atoms with E-state index in [-0.39, 0.29) is 24.4 Å². The largest absolute Gasteiger partial charge is 0.348 e. The normalized spacial score (nSPS) is 19.6. The van der Waals surface area contributed by atoms with Crippen molar-refractivity contribution in [2.24, 2.45) is 5.92 Å². The number of nitrogens with zero attached hydrogens (tertiary/aromatic N) is 1. The highest BCUT2D eigenvalue weighted by Crippen LogP contribution is 2.34. The van der Waals surface area contributed by atoms with Crippen molar-refractivity contribution >= 4 is 17.8 Å². The van der Waals surface area contributed by atoms with Crippen LogP contribution in [0.4, 0.5) is 4.79 Å². The van der Waals surface area contributed by atoms with Crippen LogP contribution in [-0.4, -0.2) is 34.8 Å². The minimum atomic E-state index is -0.769. The molecule has 2 fully saturated rings. The summed E-state index contributed by atoms with van der Waals surface area (Å²) in [4.78, 5) is 38.3. The number of hydrogen-bond donors (Lipinski definition) is 2. The number of amides is 4. The number of nitrogens with one attached hydrogen (secondary N) is 2. The molecule has 1 aromatic carbocycles. The Morgan fingerprint density at radius 2 is 1.78 bits per heavy atom. The molecule has 1 saturated carbocycles. The second-order valence-corrected chi connectivity index (χ2v) is 8.24. The Morgan fingerprint density at radius 3 is 2.37 bits per heavy atom. The molecule has 6 heteroatoms. The molecule has 2 N–H and O–H groups in total. The van der Waals surface area contributed by atoms with Crippen molar-refractivity contribution in [3.8, 4) is 0 Å². The number of urea groups is 1. The van der Waals surface area contributed by atoms with Crippen LogP contribution in [-0.2, 0) is 16.0 Å². The first-order valence-electron chi connectivity index (χ1n) is 9.83. The van der Waals surface area contributed by atoms with Crippen molar-refractivity contribution in [2.75, 3.05) is 6.54 Å². The monoisotopic (exact) mass is 371 g/mol. The average Bonchev–Trinajstić information content (AvgIpc) is 3.16. The zero-order valence-electron chi connectivity index (χ0n) is 16.4. The first kappa shape index (κ1) is 19.4. The van der Waals surface area contributed by atoms with Gasteiger partial charge in [0, 0.05) is 0 Å². The van der Waals surface area contributed by atoms with E-state index in [0.717, 1.165) is 29.7 Å². The summed E-state index contributed by atoms with van der Waals surface area (Å²) in [5.41, 5.74) is 1.50. The highest BCUT2D eigenvalue weighted by molar-refractivity contribution is 6.09. The van der Waals surface area contributed by atoms with E-state index in [4.69, 9.17) is 0 Å². The number of carbonyl (C=O) groups is 3. The number of carbonyl (C=O) groups excluding carboxylic acids is 3. The Kier molecular flexibility index (Phi) is 5.53. The van der Waals surface area contributed by atoms with E-state index in [1.165, 1.54) is 5.56 Å². The quantitative estimate of drug-likeness (QED) is 0.755. The van der Waals surface area contributed by atoms with Crippen molar-refractivity contribution in [3.05, 3.63) is 35.4 Å². The molecule has 0 unspecified atom stereocenters. The van der Waals surface area contributed by atoms with E-state index >= 15 is 0 Å². The summed E-state index contributed by atoms with van der Waals surface area (Å²) in [5.74, 6) is 0.0124. The van der Waals surface area contributed by atoms with Crippen molar-refractivity contribution in [2.45, 2.75) is 64.5 Å². The summed E-state index contributed by atoms with van der Waals surface area (Å²) in [5, 5.41) is 5.69. The molecule has 1 saturated heterocycles. The standard InChI is InChI=1S/C21H29N3O3/c1-14(2)12-16-6-8-17(9-7-16)15(3)22-18(25)13-24-19(26)21(23-20(24)27)10-4-5-11-21/h6-9,14-15H,4-5,10-13H2,1-3H3,(H,22,25)(H,23,27)/t15-/m0/s1. The molecule has 1 aliphatic carbocycles. The predicted molar refractivity (Wildman–Crippen MR) is 103 cm³/mol. The van der Waals surface area contributed by atoms with Crippen LogP contribution in [0.2, 0.25) is 0 Å². The van der Waals surface area contributed by atoms with Crippen molar-refractivity contribution < 1.29 is 14.4 Å². The molecule has 0 radical (unpaired) electrons. The Balaban J connectivity index is 1.57. The van der Waals surface area contributed by atoms with Gasteiger partial charge in [-0.3, -0.25) is 14.5 Å². The van der Waals surface area contributed by atoms with Crippen molar-refractivity contribution in [1.82, 2.24) is 15.5 Å². The molecule has 1 atom stereocenters. The summed E-state index contributed by atoms with van der Waals surface area (Å²) in [7, 11) is 0. The van der Waals surface area contributed by atoms with Gasteiger partial charge in [0.05, 0.1) is 6.04 Å². The van der Waals surface area contributed by atoms with E-state index in [9.17, 15) is 14.4 Å². The molecule has 27 heavy (non-hydrogen) atoms. The van der Waals surface area contributed by atoms with Gasteiger partial charge in [-0.05, 0) is 43.2 Å². The molecule has 0 bridgehead atoms. The molecule has 0 aromatic heterocycles. The lowest BCUT2D eigenvalue weighted by atomic mass is 9.98. The molecule has 1 aromatic rings. The van der Waals surface area contributed by atoms with Gasteiger partial charge in [-0.15, -0.1) is 0 Å². The fourth-order valence-corrected chi connectivity index (χ4v) is 4.07. The van der Waals surface area contributed by atoms with Crippen LogP contribution in [0.3, 0.4) is 0 Å². The third kappa shape index (κ3) is 4.15. The molecular weight excluding hydrogens is 342 g/mol. The number of benzene rings is 1. The van der Waals surface area contributed by atoms with Crippen molar-refractivity contribution in [1.29, 1.82) is 0 Å². The Morgan fingerprint density at radius 1 is 1.15 bits per heavy atom. The second kappa shape index (κ2) is 7.71. The number of imide groups is 1. The third-order valence-corrected chi connectivity index (χ3v) is 5.51. The predicted octanol–water partition coefficient (Wildman–Crippen LogP) is 2.93. The van der Waals surface area contributed by atoms with E-state index in [1.807, 2.05) is 19.1 Å². The molecule has 1 aliphatic heterocycles. The van der Waals surface area contributed by atoms with Gasteiger partial charge in [-0.25, -0.2) is 4.79 Å². The zero-order chi connectivity index (χ0) is 19.6. The van der Waals surface area contributed by atoms with Gasteiger partial charge in [0.1, 0.15) is 12.1 Å². The van der Waals surface area contributed by atoms with Crippen LogP contribution in [0.15, 0.2) is 24.3 Å². The zero-order valence-corrected chi connectivity index (χ0v) is 16.4. The van der Waals surface area contributed by atoms with E-state index in [2.05, 4.69) is 36.6 Å². The fourth-order valence-electron chi connectivity index (χ4n) is 4.07. The Labute approximate surface area is 160 Å². The number of rotatable bonds is 6.